The zero-order chi connectivity index (χ0) is 16.6. The van der Waals surface area contributed by atoms with Crippen molar-refractivity contribution in [1.82, 2.24) is 0 Å². The number of aliphatic carboxylic acids is 1. The highest BCUT2D eigenvalue weighted by Crippen LogP contribution is 2.69. The van der Waals surface area contributed by atoms with Gasteiger partial charge in [0.2, 0.25) is 0 Å². The second-order valence-corrected chi connectivity index (χ2v) is 9.09. The van der Waals surface area contributed by atoms with Gasteiger partial charge < -0.3 is 10.2 Å². The average molecular weight is 320 g/mol. The van der Waals surface area contributed by atoms with Gasteiger partial charge in [0.1, 0.15) is 5.78 Å². The van der Waals surface area contributed by atoms with E-state index in [0.29, 0.717) is 24.5 Å². The fourth-order valence-electron chi connectivity index (χ4n) is 7.37. The number of aliphatic hydroxyl groups is 1. The van der Waals surface area contributed by atoms with Crippen molar-refractivity contribution in [2.75, 3.05) is 0 Å². The SMILES string of the molecule is CC1C(=O)C23CCC4C(C(=O)O)CC(O)CC4(C)C2CCC1C3. The Morgan fingerprint density at radius 1 is 1.22 bits per heavy atom. The standard InChI is InChI=1S/C19H28O4/c1-10-11-3-4-15-18(2)9-12(20)7-13(17(22)23)14(18)5-6-19(15,8-11)16(10)21/h10-15,20H,3-9H2,1-2H3,(H,22,23). The molecular formula is C19H28O4. The van der Waals surface area contributed by atoms with Crippen LogP contribution >= 0.6 is 0 Å². The van der Waals surface area contributed by atoms with E-state index >= 15 is 0 Å². The van der Waals surface area contributed by atoms with E-state index in [-0.39, 0.29) is 28.6 Å². The quantitative estimate of drug-likeness (QED) is 0.779. The maximum Gasteiger partial charge on any atom is 0.306 e. The van der Waals surface area contributed by atoms with E-state index < -0.39 is 18.0 Å². The van der Waals surface area contributed by atoms with Crippen molar-refractivity contribution in [3.05, 3.63) is 0 Å². The predicted molar refractivity (Wildman–Crippen MR) is 84.6 cm³/mol. The Hall–Kier alpha value is -0.900. The molecule has 0 aromatic rings. The van der Waals surface area contributed by atoms with Gasteiger partial charge in [-0.25, -0.2) is 0 Å². The molecule has 0 radical (unpaired) electrons. The fourth-order valence-corrected chi connectivity index (χ4v) is 7.37. The summed E-state index contributed by atoms with van der Waals surface area (Å²) in [5, 5.41) is 20.0. The van der Waals surface area contributed by atoms with Crippen molar-refractivity contribution in [2.24, 2.45) is 40.4 Å². The summed E-state index contributed by atoms with van der Waals surface area (Å²) in [5.74, 6) is 0.297. The summed E-state index contributed by atoms with van der Waals surface area (Å²) in [7, 11) is 0. The number of Topliss-reactive ketones (excluding diaryl/α,β-unsaturated/α-hetero) is 1. The molecule has 0 heterocycles. The van der Waals surface area contributed by atoms with E-state index in [2.05, 4.69) is 13.8 Å². The van der Waals surface area contributed by atoms with Gasteiger partial charge in [-0.1, -0.05) is 13.8 Å². The summed E-state index contributed by atoms with van der Waals surface area (Å²) in [5.41, 5.74) is -0.419. The number of carbonyl (C=O) groups excluding carboxylic acids is 1. The smallest absolute Gasteiger partial charge is 0.306 e. The molecule has 4 rings (SSSR count). The minimum absolute atomic E-state index is 0.110. The fraction of sp³-hybridized carbons (Fsp3) is 0.895. The largest absolute Gasteiger partial charge is 0.481 e. The van der Waals surface area contributed by atoms with E-state index in [9.17, 15) is 19.8 Å². The van der Waals surface area contributed by atoms with Crippen LogP contribution in [0.5, 0.6) is 0 Å². The summed E-state index contributed by atoms with van der Waals surface area (Å²) in [6.07, 6.45) is 5.34. The Morgan fingerprint density at radius 2 is 1.96 bits per heavy atom. The molecule has 8 atom stereocenters. The highest BCUT2D eigenvalue weighted by atomic mass is 16.4. The summed E-state index contributed by atoms with van der Waals surface area (Å²) < 4.78 is 0. The van der Waals surface area contributed by atoms with Crippen LogP contribution in [0.15, 0.2) is 0 Å². The lowest BCUT2D eigenvalue weighted by molar-refractivity contribution is -0.176. The minimum atomic E-state index is -0.768. The van der Waals surface area contributed by atoms with E-state index in [1.54, 1.807) is 0 Å². The van der Waals surface area contributed by atoms with E-state index in [0.717, 1.165) is 32.1 Å². The number of hydrogen-bond acceptors (Lipinski definition) is 3. The first kappa shape index (κ1) is 15.6. The molecule has 23 heavy (non-hydrogen) atoms. The number of carbonyl (C=O) groups is 2. The van der Waals surface area contributed by atoms with Gasteiger partial charge >= 0.3 is 5.97 Å². The third-order valence-corrected chi connectivity index (χ3v) is 8.28. The van der Waals surface area contributed by atoms with Crippen molar-refractivity contribution in [1.29, 1.82) is 0 Å². The molecule has 128 valence electrons. The number of fused-ring (bicyclic) bond motifs is 3. The molecule has 4 aliphatic carbocycles. The predicted octanol–water partition coefficient (Wildman–Crippen LogP) is 2.88. The molecule has 4 aliphatic rings. The normalized spacial score (nSPS) is 55.2. The zero-order valence-electron chi connectivity index (χ0n) is 14.1. The number of hydrogen-bond donors (Lipinski definition) is 2. The Kier molecular flexibility index (Phi) is 3.27. The van der Waals surface area contributed by atoms with Gasteiger partial charge in [-0.05, 0) is 68.1 Å². The lowest BCUT2D eigenvalue weighted by Gasteiger charge is -2.61. The van der Waals surface area contributed by atoms with Crippen LogP contribution < -0.4 is 0 Å². The molecule has 1 spiro atoms. The van der Waals surface area contributed by atoms with Gasteiger partial charge in [0.05, 0.1) is 12.0 Å². The third-order valence-electron chi connectivity index (χ3n) is 8.28. The van der Waals surface area contributed by atoms with Crippen LogP contribution in [0.3, 0.4) is 0 Å². The molecule has 4 fully saturated rings. The minimum Gasteiger partial charge on any atom is -0.481 e. The molecular weight excluding hydrogens is 292 g/mol. The van der Waals surface area contributed by atoms with Crippen LogP contribution in [0.2, 0.25) is 0 Å². The van der Waals surface area contributed by atoms with Crippen LogP contribution in [-0.2, 0) is 9.59 Å². The monoisotopic (exact) mass is 320 g/mol. The molecule has 4 saturated carbocycles. The number of ketones is 1. The first-order valence-corrected chi connectivity index (χ1v) is 9.25. The number of aliphatic hydroxyl groups excluding tert-OH is 1. The highest BCUT2D eigenvalue weighted by Gasteiger charge is 2.67. The van der Waals surface area contributed by atoms with Gasteiger partial charge in [-0.3, -0.25) is 9.59 Å². The molecule has 4 heteroatoms. The second kappa shape index (κ2) is 4.81. The molecule has 2 bridgehead atoms. The first-order valence-electron chi connectivity index (χ1n) is 9.25. The van der Waals surface area contributed by atoms with Crippen molar-refractivity contribution >= 4 is 11.8 Å². The van der Waals surface area contributed by atoms with Crippen LogP contribution in [0.1, 0.15) is 58.8 Å². The molecule has 0 amide bonds. The number of carboxylic acid groups (broad SMARTS) is 1. The lowest BCUT2D eigenvalue weighted by Crippen LogP contribution is -2.58. The molecule has 0 aromatic heterocycles. The van der Waals surface area contributed by atoms with Crippen LogP contribution in [0, 0.1) is 40.4 Å². The molecule has 8 unspecified atom stereocenters. The Labute approximate surface area is 137 Å². The number of carboxylic acids is 1. The molecule has 0 saturated heterocycles. The Morgan fingerprint density at radius 3 is 2.65 bits per heavy atom. The van der Waals surface area contributed by atoms with Gasteiger partial charge in [0.15, 0.2) is 0 Å². The Balaban J connectivity index is 1.76. The van der Waals surface area contributed by atoms with Crippen molar-refractivity contribution in [3.8, 4) is 0 Å². The topological polar surface area (TPSA) is 74.6 Å². The van der Waals surface area contributed by atoms with Crippen molar-refractivity contribution < 1.29 is 19.8 Å². The van der Waals surface area contributed by atoms with Crippen LogP contribution in [-0.4, -0.2) is 28.1 Å². The third kappa shape index (κ3) is 1.87. The van der Waals surface area contributed by atoms with Crippen molar-refractivity contribution in [3.63, 3.8) is 0 Å². The van der Waals surface area contributed by atoms with Gasteiger partial charge in [0.25, 0.3) is 0 Å². The second-order valence-electron chi connectivity index (χ2n) is 9.09. The number of rotatable bonds is 1. The zero-order valence-corrected chi connectivity index (χ0v) is 14.1. The van der Waals surface area contributed by atoms with Crippen LogP contribution in [0.4, 0.5) is 0 Å². The van der Waals surface area contributed by atoms with Crippen molar-refractivity contribution in [2.45, 2.75) is 64.9 Å². The molecule has 2 N–H and O–H groups in total. The summed E-state index contributed by atoms with van der Waals surface area (Å²) in [6, 6.07) is 0. The maximum absolute atomic E-state index is 13.1. The van der Waals surface area contributed by atoms with Gasteiger partial charge in [-0.15, -0.1) is 0 Å². The average Bonchev–Trinajstić information content (AvgIpc) is 2.66. The van der Waals surface area contributed by atoms with E-state index in [1.165, 1.54) is 0 Å². The van der Waals surface area contributed by atoms with E-state index in [4.69, 9.17) is 0 Å². The highest BCUT2D eigenvalue weighted by molar-refractivity contribution is 5.90. The van der Waals surface area contributed by atoms with E-state index in [1.807, 2.05) is 0 Å². The summed E-state index contributed by atoms with van der Waals surface area (Å²) >= 11 is 0. The molecule has 0 aromatic carbocycles. The summed E-state index contributed by atoms with van der Waals surface area (Å²) in [4.78, 5) is 24.8. The van der Waals surface area contributed by atoms with Gasteiger partial charge in [0, 0.05) is 11.3 Å². The molecule has 0 aliphatic heterocycles. The molecule has 4 nitrogen and oxygen atoms in total. The van der Waals surface area contributed by atoms with Gasteiger partial charge in [-0.2, -0.15) is 0 Å². The first-order chi connectivity index (χ1) is 10.8. The van der Waals surface area contributed by atoms with Crippen LogP contribution in [0.25, 0.3) is 0 Å². The summed E-state index contributed by atoms with van der Waals surface area (Å²) in [6.45, 7) is 4.27. The maximum atomic E-state index is 13.1. The lowest BCUT2D eigenvalue weighted by atomic mass is 9.43. The Bertz CT molecular complexity index is 558.